The summed E-state index contributed by atoms with van der Waals surface area (Å²) in [7, 11) is 1.71. The molecule has 284 valence electrons. The number of thiazole rings is 1. The van der Waals surface area contributed by atoms with Crippen LogP contribution in [0.5, 0.6) is 0 Å². The number of amides is 2. The van der Waals surface area contributed by atoms with Crippen molar-refractivity contribution >= 4 is 40.0 Å². The minimum absolute atomic E-state index is 0.0727. The molecule has 1 saturated heterocycles. The van der Waals surface area contributed by atoms with Gasteiger partial charge in [0.1, 0.15) is 17.1 Å². The Bertz CT molecular complexity index is 2170. The number of aromatic nitrogens is 3. The normalized spacial score (nSPS) is 28.6. The van der Waals surface area contributed by atoms with Crippen LogP contribution >= 0.6 is 11.3 Å². The summed E-state index contributed by atoms with van der Waals surface area (Å²) >= 11 is 1.56. The smallest absolute Gasteiger partial charge is 0.325 e. The number of carbonyl (C=O) groups excluding carboxylic acids is 3. The molecule has 4 fully saturated rings. The second-order valence-electron chi connectivity index (χ2n) is 17.2. The van der Waals surface area contributed by atoms with Crippen LogP contribution in [0.4, 0.5) is 0 Å². The van der Waals surface area contributed by atoms with Crippen LogP contribution in [0.3, 0.4) is 0 Å². The van der Waals surface area contributed by atoms with E-state index in [1.807, 2.05) is 19.2 Å². The lowest BCUT2D eigenvalue weighted by molar-refractivity contribution is -0.156. The number of cyclic esters (lactones) is 1. The van der Waals surface area contributed by atoms with Crippen molar-refractivity contribution in [1.82, 2.24) is 30.3 Å². The van der Waals surface area contributed by atoms with Gasteiger partial charge in [-0.25, -0.2) is 10.4 Å². The third kappa shape index (κ3) is 5.96. The summed E-state index contributed by atoms with van der Waals surface area (Å²) < 4.78 is 14.4. The Morgan fingerprint density at radius 1 is 1.20 bits per heavy atom. The van der Waals surface area contributed by atoms with E-state index in [2.05, 4.69) is 72.7 Å². The number of hydrogen-bond acceptors (Lipinski definition) is 9. The minimum atomic E-state index is -0.785. The number of rotatable bonds is 6. The Kier molecular flexibility index (Phi) is 8.55. The molecule has 2 aliphatic heterocycles. The third-order valence-corrected chi connectivity index (χ3v) is 13.8. The first-order valence-electron chi connectivity index (χ1n) is 19.6. The van der Waals surface area contributed by atoms with Crippen LogP contribution in [-0.4, -0.2) is 69.7 Å². The van der Waals surface area contributed by atoms with Crippen molar-refractivity contribution in [3.63, 3.8) is 0 Å². The molecule has 1 spiro atoms. The molecule has 5 aliphatic rings. The van der Waals surface area contributed by atoms with E-state index in [9.17, 15) is 14.4 Å². The van der Waals surface area contributed by atoms with Gasteiger partial charge in [-0.3, -0.25) is 24.4 Å². The van der Waals surface area contributed by atoms with E-state index in [1.165, 1.54) is 0 Å². The number of aryl methyl sites for hydroxylation is 1. The molecule has 5 heterocycles. The van der Waals surface area contributed by atoms with Crippen molar-refractivity contribution in [3.05, 3.63) is 58.2 Å². The van der Waals surface area contributed by atoms with Crippen molar-refractivity contribution in [2.24, 2.45) is 29.1 Å². The number of fused-ring (bicyclic) bond motifs is 9. The predicted octanol–water partition coefficient (Wildman–Crippen LogP) is 6.20. The first kappa shape index (κ1) is 35.6. The summed E-state index contributed by atoms with van der Waals surface area (Å²) in [6, 6.07) is 9.26. The molecular weight excluding hydrogens is 701 g/mol. The Hall–Kier alpha value is -4.13. The fourth-order valence-corrected chi connectivity index (χ4v) is 10.2. The fourth-order valence-electron chi connectivity index (χ4n) is 9.08. The summed E-state index contributed by atoms with van der Waals surface area (Å²) in [4.78, 5) is 52.2. The second kappa shape index (κ2) is 13.0. The average Bonchev–Trinajstić information content (AvgIpc) is 4.14. The molecule has 9 rings (SSSR count). The molecule has 3 aromatic heterocycles. The molecule has 3 unspecified atom stereocenters. The number of nitrogens with zero attached hydrogens (tertiary/aromatic N) is 4. The van der Waals surface area contributed by atoms with Gasteiger partial charge in [-0.2, -0.15) is 0 Å². The summed E-state index contributed by atoms with van der Waals surface area (Å²) in [5.41, 5.74) is 9.35. The largest absolute Gasteiger partial charge is 0.464 e. The van der Waals surface area contributed by atoms with Gasteiger partial charge in [-0.05, 0) is 93.5 Å². The quantitative estimate of drug-likeness (QED) is 0.223. The summed E-state index contributed by atoms with van der Waals surface area (Å²) in [5, 5.41) is 8.89. The SMILES string of the molecule is CCn1c(-c2cccnc2[C@H](C)OC)c2c3cc(ccc31)-c1csc(n1)C1(CC1)C(NC(=O)[C@H]1C[C@@H]1C)C(=O)N1CC3CC3[C@H](N1)C(=O)OCC(C)(C)C2. The van der Waals surface area contributed by atoms with Crippen LogP contribution in [-0.2, 0) is 42.2 Å². The van der Waals surface area contributed by atoms with E-state index in [4.69, 9.17) is 19.4 Å². The number of pyridine rings is 1. The number of esters is 1. The molecule has 3 aliphatic carbocycles. The first-order chi connectivity index (χ1) is 25.9. The van der Waals surface area contributed by atoms with Gasteiger partial charge in [0.25, 0.3) is 5.91 Å². The topological polar surface area (TPSA) is 128 Å². The summed E-state index contributed by atoms with van der Waals surface area (Å²) in [6.45, 7) is 12.0. The Balaban J connectivity index is 1.20. The average molecular weight is 751 g/mol. The molecule has 2 N–H and O–H groups in total. The number of nitrogens with one attached hydrogen (secondary N) is 2. The van der Waals surface area contributed by atoms with Crippen LogP contribution in [0.15, 0.2) is 41.9 Å². The second-order valence-corrected chi connectivity index (χ2v) is 18.1. The van der Waals surface area contributed by atoms with Crippen LogP contribution in [0.2, 0.25) is 0 Å². The molecule has 12 heteroatoms. The number of ether oxygens (including phenoxy) is 2. The molecule has 4 aromatic rings. The predicted molar refractivity (Wildman–Crippen MR) is 206 cm³/mol. The van der Waals surface area contributed by atoms with E-state index in [0.29, 0.717) is 18.9 Å². The Morgan fingerprint density at radius 3 is 2.72 bits per heavy atom. The number of methoxy groups -OCH3 is 1. The van der Waals surface area contributed by atoms with Gasteiger partial charge >= 0.3 is 5.97 Å². The van der Waals surface area contributed by atoms with Crippen molar-refractivity contribution in [3.8, 4) is 22.5 Å². The monoisotopic (exact) mass is 750 g/mol. The third-order valence-electron chi connectivity index (χ3n) is 12.8. The van der Waals surface area contributed by atoms with Crippen LogP contribution in [0.1, 0.15) is 82.7 Å². The molecule has 11 nitrogen and oxygen atoms in total. The van der Waals surface area contributed by atoms with Gasteiger partial charge in [-0.15, -0.1) is 11.3 Å². The Morgan fingerprint density at radius 2 is 2.00 bits per heavy atom. The lowest BCUT2D eigenvalue weighted by atomic mass is 9.84. The molecule has 7 atom stereocenters. The zero-order chi connectivity index (χ0) is 37.7. The number of hydrogen-bond donors (Lipinski definition) is 2. The zero-order valence-corrected chi connectivity index (χ0v) is 32.8. The molecular formula is C42H50N6O5S. The van der Waals surface area contributed by atoms with Crippen LogP contribution in [0, 0.1) is 29.1 Å². The maximum Gasteiger partial charge on any atom is 0.325 e. The fraction of sp³-hybridized carbons (Fsp3) is 0.548. The van der Waals surface area contributed by atoms with Gasteiger partial charge in [-0.1, -0.05) is 26.8 Å². The zero-order valence-electron chi connectivity index (χ0n) is 32.0. The van der Waals surface area contributed by atoms with E-state index in [1.54, 1.807) is 23.5 Å². The first-order valence-corrected chi connectivity index (χ1v) is 20.4. The van der Waals surface area contributed by atoms with Crippen LogP contribution < -0.4 is 10.7 Å². The lowest BCUT2D eigenvalue weighted by Gasteiger charge is -2.37. The van der Waals surface area contributed by atoms with Crippen molar-refractivity contribution in [1.29, 1.82) is 0 Å². The van der Waals surface area contributed by atoms with Crippen molar-refractivity contribution < 1.29 is 23.9 Å². The standard InChI is InChI=1S/C42H50N6O5S/c1-7-47-32-11-10-24-16-29(32)30(35(47)26-9-8-14-43-33(26)23(3)52-6)18-41(4,5)21-53-39(51)34-28-17-25(28)19-48(46-34)38(50)36(45-37(49)27-15-22(27)2)42(12-13-42)40-44-31(24)20-54-40/h8-11,14,16,20,22-23,25,27-28,34,36,46H,7,12-13,15,17-19,21H2,1-6H3,(H,45,49)/t22-,23-,25?,27-,28?,34-,36?/m0/s1. The van der Waals surface area contributed by atoms with E-state index in [-0.39, 0.29) is 48.2 Å². The summed E-state index contributed by atoms with van der Waals surface area (Å²) in [6.07, 6.45) is 5.41. The molecule has 2 amide bonds. The minimum Gasteiger partial charge on any atom is -0.464 e. The van der Waals surface area contributed by atoms with Gasteiger partial charge in [0.15, 0.2) is 0 Å². The highest BCUT2D eigenvalue weighted by Crippen LogP contribution is 2.54. The number of benzene rings is 1. The maximum absolute atomic E-state index is 14.6. The van der Waals surface area contributed by atoms with E-state index >= 15 is 0 Å². The van der Waals surface area contributed by atoms with Gasteiger partial charge < -0.3 is 19.4 Å². The van der Waals surface area contributed by atoms with Crippen LogP contribution in [0.25, 0.3) is 33.4 Å². The highest BCUT2D eigenvalue weighted by molar-refractivity contribution is 7.10. The van der Waals surface area contributed by atoms with E-state index < -0.39 is 22.9 Å². The number of hydrazine groups is 1. The Labute approximate surface area is 320 Å². The number of carbonyl (C=O) groups is 3. The van der Waals surface area contributed by atoms with Crippen molar-refractivity contribution in [2.45, 2.75) is 96.9 Å². The van der Waals surface area contributed by atoms with Crippen molar-refractivity contribution in [2.75, 3.05) is 20.3 Å². The molecule has 54 heavy (non-hydrogen) atoms. The highest BCUT2D eigenvalue weighted by atomic mass is 32.1. The van der Waals surface area contributed by atoms with E-state index in [0.717, 1.165) is 81.9 Å². The maximum atomic E-state index is 14.6. The van der Waals surface area contributed by atoms with Gasteiger partial charge in [0.05, 0.1) is 35.2 Å². The highest BCUT2D eigenvalue weighted by Gasteiger charge is 2.60. The summed E-state index contributed by atoms with van der Waals surface area (Å²) in [5.74, 6) is -0.0562. The molecule has 6 bridgehead atoms. The molecule has 3 saturated carbocycles. The molecule has 0 radical (unpaired) electrons. The van der Waals surface area contributed by atoms with Gasteiger partial charge in [0.2, 0.25) is 5.91 Å². The van der Waals surface area contributed by atoms with Gasteiger partial charge in [0, 0.05) is 65.1 Å². The lowest BCUT2D eigenvalue weighted by Crippen LogP contribution is -2.63. The molecule has 1 aromatic carbocycles.